The monoisotopic (exact) mass is 749 g/mol. The maximum Gasteiger partial charge on any atom is 0.335 e. The number of nitrogens with zero attached hydrogens (tertiary/aromatic N) is 2. The molecule has 3 aromatic rings. The minimum atomic E-state index is -4.03. The van der Waals surface area contributed by atoms with Gasteiger partial charge in [0, 0.05) is 58.6 Å². The van der Waals surface area contributed by atoms with Crippen molar-refractivity contribution in [2.45, 2.75) is 84.5 Å². The molecule has 9 heteroatoms. The van der Waals surface area contributed by atoms with Crippen LogP contribution in [-0.4, -0.2) is 59.8 Å². The molecule has 0 aliphatic carbocycles. The van der Waals surface area contributed by atoms with Gasteiger partial charge in [0.1, 0.15) is 18.9 Å². The van der Waals surface area contributed by atoms with E-state index in [0.29, 0.717) is 26.0 Å². The van der Waals surface area contributed by atoms with Gasteiger partial charge in [-0.25, -0.2) is 4.79 Å². The van der Waals surface area contributed by atoms with Crippen molar-refractivity contribution >= 4 is 38.7 Å². The lowest BCUT2D eigenvalue weighted by molar-refractivity contribution is -0.438. The largest absolute Gasteiger partial charge is 0.488 e. The third-order valence-electron chi connectivity index (χ3n) is 11.1. The number of rotatable bonds is 14. The van der Waals surface area contributed by atoms with Crippen molar-refractivity contribution in [1.29, 1.82) is 0 Å². The Morgan fingerprint density at radius 2 is 1.65 bits per heavy atom. The number of anilines is 1. The van der Waals surface area contributed by atoms with Gasteiger partial charge in [-0.3, -0.25) is 4.55 Å². The Morgan fingerprint density at radius 3 is 2.35 bits per heavy atom. The van der Waals surface area contributed by atoms with Gasteiger partial charge in [0.2, 0.25) is 5.69 Å². The molecule has 3 aromatic carbocycles. The molecule has 0 radical (unpaired) electrons. The first kappa shape index (κ1) is 39.0. The second-order valence-corrected chi connectivity index (χ2v) is 17.2. The molecule has 8 nitrogen and oxygen atoms in total. The van der Waals surface area contributed by atoms with Crippen LogP contribution in [0.5, 0.6) is 0 Å². The van der Waals surface area contributed by atoms with Crippen LogP contribution in [0.15, 0.2) is 108 Å². The van der Waals surface area contributed by atoms with Crippen LogP contribution in [0.3, 0.4) is 0 Å². The summed E-state index contributed by atoms with van der Waals surface area (Å²) >= 11 is 0. The summed E-state index contributed by atoms with van der Waals surface area (Å²) in [5.41, 5.74) is 10.7. The Bertz CT molecular complexity index is 2200. The van der Waals surface area contributed by atoms with Gasteiger partial charge >= 0.3 is 5.97 Å². The normalized spacial score (nSPS) is 19.0. The second-order valence-electron chi connectivity index (χ2n) is 15.7. The summed E-state index contributed by atoms with van der Waals surface area (Å²) in [6.45, 7) is 15.1. The fourth-order valence-electron chi connectivity index (χ4n) is 8.15. The highest BCUT2D eigenvalue weighted by Crippen LogP contribution is 2.48. The Labute approximate surface area is 320 Å². The van der Waals surface area contributed by atoms with Gasteiger partial charge in [-0.05, 0) is 81.5 Å². The van der Waals surface area contributed by atoms with Crippen LogP contribution in [-0.2, 0) is 25.7 Å². The molecule has 0 saturated heterocycles. The zero-order valence-corrected chi connectivity index (χ0v) is 33.2. The molecule has 3 aliphatic rings. The number of hydrogen-bond donors (Lipinski definition) is 2. The van der Waals surface area contributed by atoms with Crippen molar-refractivity contribution in [1.82, 2.24) is 0 Å². The van der Waals surface area contributed by atoms with Crippen molar-refractivity contribution in [3.63, 3.8) is 0 Å². The molecule has 284 valence electrons. The number of aryl methyl sites for hydroxylation is 1. The summed E-state index contributed by atoms with van der Waals surface area (Å²) < 4.78 is 41.2. The minimum Gasteiger partial charge on any atom is -0.488 e. The van der Waals surface area contributed by atoms with Crippen molar-refractivity contribution in [3.05, 3.63) is 136 Å². The third kappa shape index (κ3) is 7.89. The fraction of sp³-hybridized carbons (Fsp3) is 0.378. The highest BCUT2D eigenvalue weighted by molar-refractivity contribution is 7.85. The summed E-state index contributed by atoms with van der Waals surface area (Å²) in [6, 6.07) is 22.1. The lowest BCUT2D eigenvalue weighted by Crippen LogP contribution is -2.28. The lowest BCUT2D eigenvalue weighted by Gasteiger charge is -2.27. The van der Waals surface area contributed by atoms with E-state index in [1.165, 1.54) is 28.1 Å². The zero-order valence-electron chi connectivity index (χ0n) is 32.4. The SMILES string of the molecule is CCCCC[N+]1=C(/C=C/C2=C(c3ccc(C(=O)O)cc3)C(=C/C=C3/N(CCCCS(=O)(=O)O)c4ccc(C)cc4C3(C)C)/CO2)C(C)(C)c2ccccc21. The molecule has 0 bridgehead atoms. The third-order valence-corrected chi connectivity index (χ3v) is 11.9. The van der Waals surface area contributed by atoms with E-state index in [-0.39, 0.29) is 22.1 Å². The van der Waals surface area contributed by atoms with Gasteiger partial charge in [0.15, 0.2) is 5.71 Å². The van der Waals surface area contributed by atoms with E-state index >= 15 is 0 Å². The molecular formula is C45H53N2O6S+. The molecule has 0 unspecified atom stereocenters. The number of unbranched alkanes of at least 4 members (excludes halogenated alkanes) is 3. The average molecular weight is 750 g/mol. The number of carboxylic acids is 1. The summed E-state index contributed by atoms with van der Waals surface area (Å²) in [5.74, 6) is -0.520. The molecule has 2 N–H and O–H groups in total. The summed E-state index contributed by atoms with van der Waals surface area (Å²) in [4.78, 5) is 14.0. The lowest BCUT2D eigenvalue weighted by atomic mass is 9.81. The van der Waals surface area contributed by atoms with Crippen molar-refractivity contribution in [2.24, 2.45) is 0 Å². The highest BCUT2D eigenvalue weighted by atomic mass is 32.2. The summed E-state index contributed by atoms with van der Waals surface area (Å²) in [5, 5.41) is 9.64. The standard InChI is InChI=1S/C45H52N2O6S/c1-7-8-11-26-46-37-15-10-9-14-35(37)44(3,4)41(46)25-23-39-42(32-17-19-33(20-18-32)43(48)49)34(30-53-39)21-24-40-45(5,6)36-29-31(2)16-22-38(36)47(40)27-12-13-28-54(50,51)52/h9-10,14-25,29H,7-8,11-13,26-28,30H2,1-6H3,(H-,48,49,50,51,52)/p+1. The maximum atomic E-state index is 11.8. The van der Waals surface area contributed by atoms with Crippen LogP contribution in [0.4, 0.5) is 11.4 Å². The zero-order chi connectivity index (χ0) is 38.8. The Hall–Kier alpha value is -4.73. The van der Waals surface area contributed by atoms with Crippen LogP contribution in [0.25, 0.3) is 5.57 Å². The van der Waals surface area contributed by atoms with Crippen LogP contribution >= 0.6 is 0 Å². The first-order chi connectivity index (χ1) is 25.6. The summed E-state index contributed by atoms with van der Waals surface area (Å²) in [7, 11) is -4.03. The number of carboxylic acid groups (broad SMARTS) is 1. The second kappa shape index (κ2) is 15.6. The average Bonchev–Trinajstić information content (AvgIpc) is 3.69. The number of carbonyl (C=O) groups is 1. The quantitative estimate of drug-likeness (QED) is 0.0961. The molecule has 0 spiro atoms. The van der Waals surface area contributed by atoms with Gasteiger partial charge in [-0.15, -0.1) is 0 Å². The Balaban J connectivity index is 1.43. The van der Waals surface area contributed by atoms with Gasteiger partial charge in [0.05, 0.1) is 16.7 Å². The van der Waals surface area contributed by atoms with Crippen molar-refractivity contribution in [2.75, 3.05) is 30.3 Å². The Kier molecular flexibility index (Phi) is 11.2. The van der Waals surface area contributed by atoms with E-state index in [2.05, 4.69) is 118 Å². The molecule has 54 heavy (non-hydrogen) atoms. The van der Waals surface area contributed by atoms with Crippen molar-refractivity contribution < 1.29 is 32.2 Å². The van der Waals surface area contributed by atoms with Gasteiger partial charge in [-0.1, -0.05) is 81.3 Å². The molecular weight excluding hydrogens is 697 g/mol. The number of para-hydroxylation sites is 1. The first-order valence-corrected chi connectivity index (χ1v) is 20.6. The number of allylic oxidation sites excluding steroid dienone is 5. The molecule has 0 saturated carbocycles. The Morgan fingerprint density at radius 1 is 0.907 bits per heavy atom. The number of ether oxygens (including phenoxy) is 1. The van der Waals surface area contributed by atoms with E-state index in [1.54, 1.807) is 12.1 Å². The number of hydrogen-bond acceptors (Lipinski definition) is 5. The summed E-state index contributed by atoms with van der Waals surface area (Å²) in [6.07, 6.45) is 12.9. The highest BCUT2D eigenvalue weighted by Gasteiger charge is 2.44. The van der Waals surface area contributed by atoms with Crippen molar-refractivity contribution in [3.8, 4) is 0 Å². The maximum absolute atomic E-state index is 11.8. The van der Waals surface area contributed by atoms with E-state index in [4.69, 9.17) is 4.74 Å². The first-order valence-electron chi connectivity index (χ1n) is 19.0. The number of fused-ring (bicyclic) bond motifs is 2. The van der Waals surface area contributed by atoms with E-state index in [9.17, 15) is 22.9 Å². The van der Waals surface area contributed by atoms with Gasteiger partial charge in [-0.2, -0.15) is 13.0 Å². The molecule has 3 heterocycles. The minimum absolute atomic E-state index is 0.211. The smallest absolute Gasteiger partial charge is 0.335 e. The topological polar surface area (TPSA) is 107 Å². The van der Waals surface area contributed by atoms with Crippen LogP contribution in [0.2, 0.25) is 0 Å². The number of benzene rings is 3. The predicted octanol–water partition coefficient (Wildman–Crippen LogP) is 9.53. The molecule has 3 aliphatic heterocycles. The predicted molar refractivity (Wildman–Crippen MR) is 218 cm³/mol. The van der Waals surface area contributed by atoms with E-state index in [0.717, 1.165) is 59.7 Å². The molecule has 0 aromatic heterocycles. The number of aromatic carboxylic acids is 1. The molecule has 0 fully saturated rings. The van der Waals surface area contributed by atoms with E-state index < -0.39 is 16.1 Å². The van der Waals surface area contributed by atoms with Crippen LogP contribution in [0, 0.1) is 6.92 Å². The van der Waals surface area contributed by atoms with E-state index in [1.807, 2.05) is 12.1 Å². The molecule has 0 atom stereocenters. The molecule has 0 amide bonds. The van der Waals surface area contributed by atoms with Crippen LogP contribution in [0.1, 0.15) is 99.3 Å². The van der Waals surface area contributed by atoms with Crippen LogP contribution < -0.4 is 4.90 Å². The fourth-order valence-corrected chi connectivity index (χ4v) is 8.72. The van der Waals surface area contributed by atoms with Gasteiger partial charge < -0.3 is 14.7 Å². The molecule has 6 rings (SSSR count). The van der Waals surface area contributed by atoms with Gasteiger partial charge in [0.25, 0.3) is 10.1 Å².